The number of rotatable bonds is 5. The van der Waals surface area contributed by atoms with Crippen LogP contribution in [0, 0.1) is 46.9 Å². The normalized spacial score (nSPS) is 17.7. The maximum absolute atomic E-state index is 14.7. The zero-order valence-electron chi connectivity index (χ0n) is 19.9. The van der Waals surface area contributed by atoms with Gasteiger partial charge in [0.25, 0.3) is 0 Å². The van der Waals surface area contributed by atoms with E-state index in [9.17, 15) is 22.4 Å². The SMILES string of the molecule is C/C=C/CCC1CCC(C#Cc2ccc(C(=O)Oc3ccc4c(F)c(F)c(F)cc4c3)c(F)c2)CC1. The molecule has 0 aliphatic heterocycles. The molecule has 2 nitrogen and oxygen atoms in total. The van der Waals surface area contributed by atoms with Crippen LogP contribution in [0.5, 0.6) is 5.75 Å². The van der Waals surface area contributed by atoms with Crippen molar-refractivity contribution in [3.8, 4) is 17.6 Å². The second kappa shape index (κ2) is 11.4. The van der Waals surface area contributed by atoms with Crippen molar-refractivity contribution >= 4 is 16.7 Å². The molecule has 36 heavy (non-hydrogen) atoms. The molecule has 0 unspecified atom stereocenters. The van der Waals surface area contributed by atoms with Gasteiger partial charge in [-0.25, -0.2) is 22.4 Å². The number of halogens is 4. The van der Waals surface area contributed by atoms with Crippen molar-refractivity contribution in [1.29, 1.82) is 0 Å². The summed E-state index contributed by atoms with van der Waals surface area (Å²) in [4.78, 5) is 12.5. The first-order chi connectivity index (χ1) is 17.4. The van der Waals surface area contributed by atoms with E-state index in [1.54, 1.807) is 6.07 Å². The number of esters is 1. The Bertz CT molecular complexity index is 1360. The second-order valence-electron chi connectivity index (χ2n) is 9.09. The van der Waals surface area contributed by atoms with Crippen molar-refractivity contribution in [2.75, 3.05) is 0 Å². The fourth-order valence-electron chi connectivity index (χ4n) is 4.55. The van der Waals surface area contributed by atoms with Gasteiger partial charge in [-0.15, -0.1) is 0 Å². The number of hydrogen-bond donors (Lipinski definition) is 0. The number of fused-ring (bicyclic) bond motifs is 1. The monoisotopic (exact) mass is 494 g/mol. The Kier molecular flexibility index (Phi) is 8.10. The molecule has 186 valence electrons. The summed E-state index contributed by atoms with van der Waals surface area (Å²) >= 11 is 0. The maximum atomic E-state index is 14.7. The highest BCUT2D eigenvalue weighted by molar-refractivity contribution is 5.92. The molecule has 1 aliphatic carbocycles. The van der Waals surface area contributed by atoms with Crippen LogP contribution in [0.15, 0.2) is 54.6 Å². The molecular weight excluding hydrogens is 468 g/mol. The molecule has 0 atom stereocenters. The van der Waals surface area contributed by atoms with Crippen molar-refractivity contribution in [2.24, 2.45) is 11.8 Å². The number of ether oxygens (including phenoxy) is 1. The van der Waals surface area contributed by atoms with Gasteiger partial charge in [0, 0.05) is 16.9 Å². The topological polar surface area (TPSA) is 26.3 Å². The first kappa shape index (κ1) is 25.5. The molecule has 1 aliphatic rings. The maximum Gasteiger partial charge on any atom is 0.346 e. The lowest BCUT2D eigenvalue weighted by molar-refractivity contribution is 0.0730. The van der Waals surface area contributed by atoms with Crippen LogP contribution in [0.2, 0.25) is 0 Å². The zero-order valence-corrected chi connectivity index (χ0v) is 19.9. The van der Waals surface area contributed by atoms with Gasteiger partial charge in [0.05, 0.1) is 5.56 Å². The highest BCUT2D eigenvalue weighted by Gasteiger charge is 2.20. The van der Waals surface area contributed by atoms with Gasteiger partial charge >= 0.3 is 5.97 Å². The summed E-state index contributed by atoms with van der Waals surface area (Å²) in [7, 11) is 0. The van der Waals surface area contributed by atoms with E-state index in [0.29, 0.717) is 5.56 Å². The molecule has 0 spiro atoms. The highest BCUT2D eigenvalue weighted by atomic mass is 19.2. The molecule has 0 amide bonds. The van der Waals surface area contributed by atoms with E-state index in [0.717, 1.165) is 44.1 Å². The smallest absolute Gasteiger partial charge is 0.346 e. The number of hydrogen-bond acceptors (Lipinski definition) is 2. The Hall–Kier alpha value is -3.59. The Morgan fingerprint density at radius 2 is 1.75 bits per heavy atom. The molecule has 1 saturated carbocycles. The minimum atomic E-state index is -1.58. The first-order valence-corrected chi connectivity index (χ1v) is 12.1. The number of benzene rings is 3. The molecule has 0 aromatic heterocycles. The molecule has 6 heteroatoms. The predicted molar refractivity (Wildman–Crippen MR) is 132 cm³/mol. The van der Waals surface area contributed by atoms with Crippen LogP contribution in [0.1, 0.15) is 61.4 Å². The highest BCUT2D eigenvalue weighted by Crippen LogP contribution is 2.31. The van der Waals surface area contributed by atoms with Crippen LogP contribution in [-0.4, -0.2) is 5.97 Å². The quantitative estimate of drug-likeness (QED) is 0.0894. The molecule has 0 heterocycles. The lowest BCUT2D eigenvalue weighted by Crippen LogP contribution is -2.13. The van der Waals surface area contributed by atoms with E-state index in [-0.39, 0.29) is 28.0 Å². The lowest BCUT2D eigenvalue weighted by Gasteiger charge is -2.25. The van der Waals surface area contributed by atoms with Gasteiger partial charge in [0.1, 0.15) is 11.6 Å². The van der Waals surface area contributed by atoms with E-state index < -0.39 is 29.2 Å². The van der Waals surface area contributed by atoms with Crippen molar-refractivity contribution < 1.29 is 27.1 Å². The van der Waals surface area contributed by atoms with Gasteiger partial charge in [-0.2, -0.15) is 0 Å². The molecule has 0 bridgehead atoms. The van der Waals surface area contributed by atoms with Crippen molar-refractivity contribution in [3.63, 3.8) is 0 Å². The largest absolute Gasteiger partial charge is 0.423 e. The third-order valence-corrected chi connectivity index (χ3v) is 6.59. The molecule has 0 N–H and O–H groups in total. The Morgan fingerprint density at radius 1 is 0.972 bits per heavy atom. The van der Waals surface area contributed by atoms with E-state index in [2.05, 4.69) is 24.0 Å². The zero-order chi connectivity index (χ0) is 25.7. The van der Waals surface area contributed by atoms with Crippen molar-refractivity contribution in [1.82, 2.24) is 0 Å². The van der Waals surface area contributed by atoms with Gasteiger partial charge in [-0.05, 0) is 99.2 Å². The van der Waals surface area contributed by atoms with Crippen LogP contribution >= 0.6 is 0 Å². The second-order valence-corrected chi connectivity index (χ2v) is 9.09. The standard InChI is InChI=1S/C30H26F4O2/c1-2-3-4-5-19-6-8-20(9-7-19)10-11-21-12-14-25(26(31)16-21)30(35)36-23-13-15-24-22(17-23)18-27(32)29(34)28(24)33/h2-3,12-20H,4-9H2,1H3/b3-2+. The summed E-state index contributed by atoms with van der Waals surface area (Å²) < 4.78 is 60.7. The molecular formula is C30H26F4O2. The van der Waals surface area contributed by atoms with Gasteiger partial charge in [0.15, 0.2) is 17.5 Å². The Labute approximate surface area is 208 Å². The molecule has 3 aromatic rings. The summed E-state index contributed by atoms with van der Waals surface area (Å²) in [6.45, 7) is 2.03. The lowest BCUT2D eigenvalue weighted by atomic mass is 9.80. The van der Waals surface area contributed by atoms with Gasteiger partial charge in [-0.3, -0.25) is 0 Å². The molecule has 0 radical (unpaired) electrons. The summed E-state index contributed by atoms with van der Waals surface area (Å²) in [5.41, 5.74) is 0.177. The van der Waals surface area contributed by atoms with E-state index in [1.807, 2.05) is 6.92 Å². The van der Waals surface area contributed by atoms with Crippen molar-refractivity contribution in [3.05, 3.63) is 89.0 Å². The number of allylic oxidation sites excluding steroid dienone is 2. The van der Waals surface area contributed by atoms with Crippen LogP contribution in [0.25, 0.3) is 10.8 Å². The Morgan fingerprint density at radius 3 is 2.47 bits per heavy atom. The van der Waals surface area contributed by atoms with Gasteiger partial charge in [-0.1, -0.05) is 24.0 Å². The fourth-order valence-corrected chi connectivity index (χ4v) is 4.55. The third kappa shape index (κ3) is 5.96. The summed E-state index contributed by atoms with van der Waals surface area (Å²) in [6.07, 6.45) is 11.0. The van der Waals surface area contributed by atoms with E-state index in [4.69, 9.17) is 4.74 Å². The van der Waals surface area contributed by atoms with Crippen LogP contribution in [0.3, 0.4) is 0 Å². The number of carbonyl (C=O) groups excluding carboxylic acids is 1. The number of carbonyl (C=O) groups is 1. The average molecular weight is 495 g/mol. The fraction of sp³-hybridized carbons (Fsp3) is 0.300. The van der Waals surface area contributed by atoms with Gasteiger partial charge < -0.3 is 4.74 Å². The molecule has 1 fully saturated rings. The van der Waals surface area contributed by atoms with Crippen molar-refractivity contribution in [2.45, 2.75) is 45.4 Å². The summed E-state index contributed by atoms with van der Waals surface area (Å²) in [5, 5.41) is -0.153. The predicted octanol–water partition coefficient (Wildman–Crippen LogP) is 8.13. The molecule has 0 saturated heterocycles. The third-order valence-electron chi connectivity index (χ3n) is 6.59. The van der Waals surface area contributed by atoms with E-state index in [1.165, 1.54) is 36.8 Å². The Balaban J connectivity index is 1.39. The molecule has 4 rings (SSSR count). The minimum absolute atomic E-state index is 0.00891. The van der Waals surface area contributed by atoms with Gasteiger partial charge in [0.2, 0.25) is 0 Å². The summed E-state index contributed by atoms with van der Waals surface area (Å²) in [5.74, 6) is 1.21. The summed E-state index contributed by atoms with van der Waals surface area (Å²) in [6, 6.07) is 8.44. The first-order valence-electron chi connectivity index (χ1n) is 12.1. The van der Waals surface area contributed by atoms with E-state index >= 15 is 0 Å². The van der Waals surface area contributed by atoms with Crippen LogP contribution in [0.4, 0.5) is 17.6 Å². The minimum Gasteiger partial charge on any atom is -0.423 e. The molecule has 3 aromatic carbocycles. The van der Waals surface area contributed by atoms with Crippen LogP contribution < -0.4 is 4.74 Å². The average Bonchev–Trinajstić information content (AvgIpc) is 2.87. The van der Waals surface area contributed by atoms with Crippen LogP contribution in [-0.2, 0) is 0 Å².